The number of benzene rings is 1. The summed E-state index contributed by atoms with van der Waals surface area (Å²) in [6.07, 6.45) is -0.598. The minimum atomic E-state index is -4.30. The molecule has 1 aromatic rings. The molecule has 0 spiro atoms. The number of para-hydroxylation sites is 1. The first-order chi connectivity index (χ1) is 11.3. The van der Waals surface area contributed by atoms with Gasteiger partial charge in [-0.25, -0.2) is 0 Å². The molecule has 2 aliphatic rings. The summed E-state index contributed by atoms with van der Waals surface area (Å²) in [5, 5.41) is 2.73. The lowest BCUT2D eigenvalue weighted by atomic mass is 9.65. The van der Waals surface area contributed by atoms with E-state index in [-0.39, 0.29) is 41.5 Å². The van der Waals surface area contributed by atoms with E-state index in [2.05, 4.69) is 5.32 Å². The zero-order valence-corrected chi connectivity index (χ0v) is 14.7. The van der Waals surface area contributed by atoms with Crippen LogP contribution in [0.15, 0.2) is 24.3 Å². The summed E-state index contributed by atoms with van der Waals surface area (Å²) < 4.78 is 38.1. The minimum Gasteiger partial charge on any atom is -0.327 e. The standard InChI is InChI=1S/C18H23F3N2O.ClH/c19-18(20,21)10-13-4-1-2-7-15(13)23-17(24)14-8-11-5-3-6-12(9-14)16(11)22;/h1-2,4,7,11-12,14,16H,3,5-6,8-10,22H2,(H,23,24);1H. The van der Waals surface area contributed by atoms with Crippen molar-refractivity contribution in [3.8, 4) is 0 Å². The van der Waals surface area contributed by atoms with Crippen molar-refractivity contribution in [1.82, 2.24) is 0 Å². The molecule has 25 heavy (non-hydrogen) atoms. The Morgan fingerprint density at radius 2 is 1.76 bits per heavy atom. The topological polar surface area (TPSA) is 55.1 Å². The van der Waals surface area contributed by atoms with E-state index in [0.717, 1.165) is 32.1 Å². The average Bonchev–Trinajstić information content (AvgIpc) is 2.47. The van der Waals surface area contributed by atoms with Gasteiger partial charge < -0.3 is 11.1 Å². The zero-order valence-electron chi connectivity index (χ0n) is 13.9. The van der Waals surface area contributed by atoms with Crippen LogP contribution >= 0.6 is 12.4 Å². The Bertz CT molecular complexity index is 594. The summed E-state index contributed by atoms with van der Waals surface area (Å²) in [4.78, 5) is 12.6. The Hall–Kier alpha value is -1.27. The Kier molecular flexibility index (Phi) is 6.38. The molecule has 3 nitrogen and oxygen atoms in total. The number of carbonyl (C=O) groups is 1. The molecule has 0 saturated heterocycles. The molecule has 3 rings (SSSR count). The molecule has 2 fully saturated rings. The fraction of sp³-hybridized carbons (Fsp3) is 0.611. The third kappa shape index (κ3) is 4.88. The predicted molar refractivity (Wildman–Crippen MR) is 93.6 cm³/mol. The van der Waals surface area contributed by atoms with Crippen molar-refractivity contribution in [3.63, 3.8) is 0 Å². The number of hydrogen-bond acceptors (Lipinski definition) is 2. The lowest BCUT2D eigenvalue weighted by Crippen LogP contribution is -2.48. The highest BCUT2D eigenvalue weighted by atomic mass is 35.5. The van der Waals surface area contributed by atoms with Crippen LogP contribution in [-0.4, -0.2) is 18.1 Å². The number of nitrogens with two attached hydrogens (primary N) is 1. The van der Waals surface area contributed by atoms with Crippen molar-refractivity contribution in [1.29, 1.82) is 0 Å². The predicted octanol–water partition coefficient (Wildman–Crippen LogP) is 4.31. The van der Waals surface area contributed by atoms with Crippen molar-refractivity contribution < 1.29 is 18.0 Å². The van der Waals surface area contributed by atoms with Gasteiger partial charge in [0, 0.05) is 17.6 Å². The van der Waals surface area contributed by atoms with Crippen LogP contribution < -0.4 is 11.1 Å². The fourth-order valence-corrected chi connectivity index (χ4v) is 4.25. The Labute approximate surface area is 152 Å². The number of anilines is 1. The lowest BCUT2D eigenvalue weighted by molar-refractivity contribution is -0.127. The van der Waals surface area contributed by atoms with Crippen molar-refractivity contribution in [3.05, 3.63) is 29.8 Å². The van der Waals surface area contributed by atoms with Crippen LogP contribution in [0.4, 0.5) is 18.9 Å². The number of carbonyl (C=O) groups excluding carboxylic acids is 1. The van der Waals surface area contributed by atoms with E-state index in [1.165, 1.54) is 12.1 Å². The molecule has 0 aliphatic heterocycles. The number of amides is 1. The van der Waals surface area contributed by atoms with Crippen LogP contribution in [-0.2, 0) is 11.2 Å². The molecule has 2 unspecified atom stereocenters. The van der Waals surface area contributed by atoms with Gasteiger partial charge in [-0.2, -0.15) is 13.2 Å². The fourth-order valence-electron chi connectivity index (χ4n) is 4.25. The molecular formula is C18H24ClF3N2O. The van der Waals surface area contributed by atoms with Crippen LogP contribution in [0.1, 0.15) is 37.7 Å². The van der Waals surface area contributed by atoms with E-state index < -0.39 is 12.6 Å². The number of alkyl halides is 3. The lowest BCUT2D eigenvalue weighted by Gasteiger charge is -2.43. The Morgan fingerprint density at radius 1 is 1.16 bits per heavy atom. The number of rotatable bonds is 3. The molecule has 2 atom stereocenters. The molecule has 0 aromatic heterocycles. The summed E-state index contributed by atoms with van der Waals surface area (Å²) in [5.41, 5.74) is 6.60. The number of nitrogens with one attached hydrogen (secondary N) is 1. The monoisotopic (exact) mass is 376 g/mol. The van der Waals surface area contributed by atoms with Crippen molar-refractivity contribution in [2.24, 2.45) is 23.5 Å². The van der Waals surface area contributed by atoms with Gasteiger partial charge in [-0.05, 0) is 49.1 Å². The molecule has 1 amide bonds. The van der Waals surface area contributed by atoms with Gasteiger partial charge in [0.05, 0.1) is 6.42 Å². The maximum absolute atomic E-state index is 12.7. The zero-order chi connectivity index (χ0) is 17.3. The summed E-state index contributed by atoms with van der Waals surface area (Å²) in [6, 6.07) is 6.31. The second-order valence-corrected chi connectivity index (χ2v) is 7.14. The molecule has 0 radical (unpaired) electrons. The summed E-state index contributed by atoms with van der Waals surface area (Å²) in [6.45, 7) is 0. The van der Waals surface area contributed by atoms with Gasteiger partial charge in [0.2, 0.25) is 5.91 Å². The first-order valence-corrected chi connectivity index (χ1v) is 8.54. The van der Waals surface area contributed by atoms with Gasteiger partial charge in [-0.15, -0.1) is 12.4 Å². The quantitative estimate of drug-likeness (QED) is 0.826. The number of fused-ring (bicyclic) bond motifs is 2. The van der Waals surface area contributed by atoms with Crippen LogP contribution in [0, 0.1) is 17.8 Å². The van der Waals surface area contributed by atoms with Gasteiger partial charge in [-0.3, -0.25) is 4.79 Å². The van der Waals surface area contributed by atoms with Gasteiger partial charge in [0.1, 0.15) is 0 Å². The van der Waals surface area contributed by atoms with E-state index in [4.69, 9.17) is 5.73 Å². The third-order valence-corrected chi connectivity index (χ3v) is 5.45. The van der Waals surface area contributed by atoms with Crippen LogP contribution in [0.2, 0.25) is 0 Å². The largest absolute Gasteiger partial charge is 0.393 e. The molecule has 1 aromatic carbocycles. The smallest absolute Gasteiger partial charge is 0.327 e. The molecule has 3 N–H and O–H groups in total. The molecule has 140 valence electrons. The molecule has 7 heteroatoms. The number of halogens is 4. The first kappa shape index (κ1) is 20.0. The van der Waals surface area contributed by atoms with Gasteiger partial charge in [0.25, 0.3) is 0 Å². The second kappa shape index (κ2) is 7.96. The van der Waals surface area contributed by atoms with E-state index >= 15 is 0 Å². The SMILES string of the molecule is Cl.NC1C2CCCC1CC(C(=O)Nc1ccccc1CC(F)(F)F)C2. The molecule has 0 heterocycles. The van der Waals surface area contributed by atoms with Crippen molar-refractivity contribution in [2.45, 2.75) is 50.7 Å². The van der Waals surface area contributed by atoms with E-state index in [1.807, 2.05) is 0 Å². The third-order valence-electron chi connectivity index (χ3n) is 5.45. The van der Waals surface area contributed by atoms with E-state index in [1.54, 1.807) is 12.1 Å². The number of hydrogen-bond donors (Lipinski definition) is 2. The van der Waals surface area contributed by atoms with Crippen LogP contribution in [0.3, 0.4) is 0 Å². The minimum absolute atomic E-state index is 0. The van der Waals surface area contributed by atoms with Crippen LogP contribution in [0.25, 0.3) is 0 Å². The molecule has 2 bridgehead atoms. The summed E-state index contributed by atoms with van der Waals surface area (Å²) in [5.74, 6) is 0.393. The average molecular weight is 377 g/mol. The van der Waals surface area contributed by atoms with Gasteiger partial charge in [0.15, 0.2) is 0 Å². The van der Waals surface area contributed by atoms with E-state index in [9.17, 15) is 18.0 Å². The molecule has 2 saturated carbocycles. The summed E-state index contributed by atoms with van der Waals surface area (Å²) >= 11 is 0. The maximum atomic E-state index is 12.7. The molecular weight excluding hydrogens is 353 g/mol. The van der Waals surface area contributed by atoms with Gasteiger partial charge in [-0.1, -0.05) is 24.6 Å². The Balaban J connectivity index is 0.00000225. The normalized spacial score (nSPS) is 28.8. The molecule has 2 aliphatic carbocycles. The van der Waals surface area contributed by atoms with Crippen molar-refractivity contribution >= 4 is 24.0 Å². The highest BCUT2D eigenvalue weighted by Crippen LogP contribution is 2.42. The maximum Gasteiger partial charge on any atom is 0.393 e. The Morgan fingerprint density at radius 3 is 2.36 bits per heavy atom. The second-order valence-electron chi connectivity index (χ2n) is 7.14. The van der Waals surface area contributed by atoms with Crippen LogP contribution in [0.5, 0.6) is 0 Å². The highest BCUT2D eigenvalue weighted by Gasteiger charge is 2.40. The van der Waals surface area contributed by atoms with Gasteiger partial charge >= 0.3 is 6.18 Å². The highest BCUT2D eigenvalue weighted by molar-refractivity contribution is 5.93. The first-order valence-electron chi connectivity index (χ1n) is 8.54. The summed E-state index contributed by atoms with van der Waals surface area (Å²) in [7, 11) is 0. The van der Waals surface area contributed by atoms with Crippen molar-refractivity contribution in [2.75, 3.05) is 5.32 Å². The van der Waals surface area contributed by atoms with E-state index in [0.29, 0.717) is 11.8 Å².